The molecule has 2 heterocycles. The standard InChI is InChI=1S/C18H25N3O/c1-14-8-7-11-17-20-16(12-18(22)21(14)17)13-19-15-9-5-3-2-4-6-10-15/h7-8,11-12,15,19H,2-6,9-10,13H2,1H3/p+1. The smallest absolute Gasteiger partial charge is 0.258 e. The van der Waals surface area contributed by atoms with Gasteiger partial charge in [0.05, 0.1) is 6.04 Å². The SMILES string of the molecule is Cc1cccc2nc(C[NH2+]C3CCCCCCC3)cc(=O)n12. The minimum atomic E-state index is 0.0316. The normalized spacial score (nSPS) is 17.3. The molecule has 0 atom stereocenters. The minimum Gasteiger partial charge on any atom is -0.339 e. The summed E-state index contributed by atoms with van der Waals surface area (Å²) in [5.74, 6) is 0. The van der Waals surface area contributed by atoms with E-state index in [1.807, 2.05) is 25.1 Å². The van der Waals surface area contributed by atoms with E-state index in [0.29, 0.717) is 6.04 Å². The lowest BCUT2D eigenvalue weighted by Gasteiger charge is -2.18. The molecule has 1 aliphatic carbocycles. The maximum Gasteiger partial charge on any atom is 0.258 e. The molecule has 0 unspecified atom stereocenters. The van der Waals surface area contributed by atoms with E-state index in [4.69, 9.17) is 0 Å². The molecule has 1 saturated carbocycles. The summed E-state index contributed by atoms with van der Waals surface area (Å²) >= 11 is 0. The van der Waals surface area contributed by atoms with Gasteiger partial charge in [-0.25, -0.2) is 4.98 Å². The molecule has 0 amide bonds. The number of rotatable bonds is 3. The first-order valence-electron chi connectivity index (χ1n) is 8.56. The Morgan fingerprint density at radius 1 is 1.18 bits per heavy atom. The summed E-state index contributed by atoms with van der Waals surface area (Å²) in [4.78, 5) is 16.9. The Bertz CT molecular complexity index is 684. The fourth-order valence-corrected chi connectivity index (χ4v) is 3.48. The van der Waals surface area contributed by atoms with Crippen LogP contribution in [0.15, 0.2) is 29.1 Å². The number of nitrogens with two attached hydrogens (primary N) is 1. The molecule has 0 radical (unpaired) electrons. The number of aryl methyl sites for hydroxylation is 1. The molecule has 0 saturated heterocycles. The molecule has 0 bridgehead atoms. The number of nitrogens with zero attached hydrogens (tertiary/aromatic N) is 2. The van der Waals surface area contributed by atoms with Gasteiger partial charge in [0, 0.05) is 11.8 Å². The van der Waals surface area contributed by atoms with Gasteiger partial charge < -0.3 is 5.32 Å². The van der Waals surface area contributed by atoms with Crippen molar-refractivity contribution in [2.24, 2.45) is 0 Å². The molecule has 0 aliphatic heterocycles. The molecular weight excluding hydrogens is 274 g/mol. The van der Waals surface area contributed by atoms with Crippen LogP contribution in [0.2, 0.25) is 0 Å². The summed E-state index contributed by atoms with van der Waals surface area (Å²) in [7, 11) is 0. The van der Waals surface area contributed by atoms with Crippen molar-refractivity contribution in [2.75, 3.05) is 0 Å². The van der Waals surface area contributed by atoms with Crippen molar-refractivity contribution in [1.29, 1.82) is 0 Å². The van der Waals surface area contributed by atoms with Crippen molar-refractivity contribution in [3.63, 3.8) is 0 Å². The number of fused-ring (bicyclic) bond motifs is 1. The lowest BCUT2D eigenvalue weighted by atomic mass is 9.97. The first kappa shape index (κ1) is 15.2. The predicted molar refractivity (Wildman–Crippen MR) is 87.9 cm³/mol. The second-order valence-electron chi connectivity index (χ2n) is 6.49. The third kappa shape index (κ3) is 3.55. The van der Waals surface area contributed by atoms with Crippen molar-refractivity contribution in [2.45, 2.75) is 64.5 Å². The minimum absolute atomic E-state index is 0.0316. The molecule has 118 valence electrons. The highest BCUT2D eigenvalue weighted by Crippen LogP contribution is 2.15. The Balaban J connectivity index is 1.72. The van der Waals surface area contributed by atoms with E-state index in [1.165, 1.54) is 44.9 Å². The van der Waals surface area contributed by atoms with Gasteiger partial charge in [-0.05, 0) is 44.7 Å². The van der Waals surface area contributed by atoms with Crippen LogP contribution in [0.4, 0.5) is 0 Å². The molecule has 3 rings (SSSR count). The van der Waals surface area contributed by atoms with Gasteiger partial charge in [-0.1, -0.05) is 25.3 Å². The van der Waals surface area contributed by atoms with Crippen LogP contribution in [0.25, 0.3) is 5.65 Å². The molecule has 22 heavy (non-hydrogen) atoms. The van der Waals surface area contributed by atoms with E-state index >= 15 is 0 Å². The number of quaternary nitrogens is 1. The Morgan fingerprint density at radius 2 is 1.91 bits per heavy atom. The molecule has 2 aromatic heterocycles. The summed E-state index contributed by atoms with van der Waals surface area (Å²) < 4.78 is 1.68. The topological polar surface area (TPSA) is 51.0 Å². The summed E-state index contributed by atoms with van der Waals surface area (Å²) in [6.07, 6.45) is 9.42. The van der Waals surface area contributed by atoms with Crippen LogP contribution >= 0.6 is 0 Å². The Labute approximate surface area is 131 Å². The van der Waals surface area contributed by atoms with Gasteiger partial charge >= 0.3 is 0 Å². The lowest BCUT2D eigenvalue weighted by Crippen LogP contribution is -2.88. The highest BCUT2D eigenvalue weighted by molar-refractivity contribution is 5.40. The van der Waals surface area contributed by atoms with Crippen LogP contribution in [-0.2, 0) is 6.54 Å². The second kappa shape index (κ2) is 7.05. The molecule has 0 aromatic carbocycles. The summed E-state index contributed by atoms with van der Waals surface area (Å²) in [5.41, 5.74) is 2.63. The van der Waals surface area contributed by atoms with Gasteiger partial charge in [-0.2, -0.15) is 0 Å². The summed E-state index contributed by atoms with van der Waals surface area (Å²) in [6.45, 7) is 2.75. The average Bonchev–Trinajstić information content (AvgIpc) is 2.46. The van der Waals surface area contributed by atoms with Crippen LogP contribution in [-0.4, -0.2) is 15.4 Å². The van der Waals surface area contributed by atoms with Crippen LogP contribution in [0.1, 0.15) is 56.3 Å². The fourth-order valence-electron chi connectivity index (χ4n) is 3.48. The maximum absolute atomic E-state index is 12.3. The zero-order valence-corrected chi connectivity index (χ0v) is 13.4. The highest BCUT2D eigenvalue weighted by atomic mass is 16.1. The number of pyridine rings is 1. The van der Waals surface area contributed by atoms with Crippen LogP contribution in [0.3, 0.4) is 0 Å². The third-order valence-electron chi connectivity index (χ3n) is 4.74. The Hall–Kier alpha value is -1.68. The zero-order chi connectivity index (χ0) is 15.4. The number of hydrogen-bond donors (Lipinski definition) is 1. The number of aromatic nitrogens is 2. The number of hydrogen-bond acceptors (Lipinski definition) is 2. The average molecular weight is 300 g/mol. The van der Waals surface area contributed by atoms with Gasteiger partial charge in [0.15, 0.2) is 0 Å². The largest absolute Gasteiger partial charge is 0.339 e. The maximum atomic E-state index is 12.3. The van der Waals surface area contributed by atoms with Crippen LogP contribution < -0.4 is 10.9 Å². The molecule has 1 fully saturated rings. The van der Waals surface area contributed by atoms with Crippen molar-refractivity contribution in [3.05, 3.63) is 46.0 Å². The fraction of sp³-hybridized carbons (Fsp3) is 0.556. The van der Waals surface area contributed by atoms with E-state index in [0.717, 1.165) is 23.6 Å². The second-order valence-corrected chi connectivity index (χ2v) is 6.49. The van der Waals surface area contributed by atoms with Gasteiger partial charge in [0.1, 0.15) is 17.9 Å². The van der Waals surface area contributed by atoms with Crippen LogP contribution in [0, 0.1) is 6.92 Å². The first-order chi connectivity index (χ1) is 10.7. The summed E-state index contributed by atoms with van der Waals surface area (Å²) in [5, 5.41) is 2.39. The lowest BCUT2D eigenvalue weighted by molar-refractivity contribution is -0.706. The van der Waals surface area contributed by atoms with Crippen molar-refractivity contribution in [3.8, 4) is 0 Å². The van der Waals surface area contributed by atoms with E-state index in [-0.39, 0.29) is 5.56 Å². The van der Waals surface area contributed by atoms with Crippen molar-refractivity contribution in [1.82, 2.24) is 9.38 Å². The molecular formula is C18H26N3O+. The van der Waals surface area contributed by atoms with Crippen LogP contribution in [0.5, 0.6) is 0 Å². The van der Waals surface area contributed by atoms with E-state index in [2.05, 4.69) is 10.3 Å². The van der Waals surface area contributed by atoms with Gasteiger partial charge in [-0.15, -0.1) is 0 Å². The molecule has 4 heteroatoms. The molecule has 1 aliphatic rings. The van der Waals surface area contributed by atoms with Gasteiger partial charge in [0.2, 0.25) is 0 Å². The first-order valence-corrected chi connectivity index (χ1v) is 8.56. The van der Waals surface area contributed by atoms with Crippen molar-refractivity contribution < 1.29 is 5.32 Å². The van der Waals surface area contributed by atoms with Gasteiger partial charge in [-0.3, -0.25) is 9.20 Å². The summed E-state index contributed by atoms with van der Waals surface area (Å²) in [6, 6.07) is 8.20. The molecule has 2 aromatic rings. The Kier molecular flexibility index (Phi) is 4.88. The predicted octanol–water partition coefficient (Wildman–Crippen LogP) is 2.18. The quantitative estimate of drug-likeness (QED) is 0.944. The van der Waals surface area contributed by atoms with E-state index < -0.39 is 0 Å². The monoisotopic (exact) mass is 300 g/mol. The molecule has 0 spiro atoms. The highest BCUT2D eigenvalue weighted by Gasteiger charge is 2.14. The van der Waals surface area contributed by atoms with Gasteiger partial charge in [0.25, 0.3) is 5.56 Å². The third-order valence-corrected chi connectivity index (χ3v) is 4.74. The Morgan fingerprint density at radius 3 is 2.68 bits per heavy atom. The zero-order valence-electron chi connectivity index (χ0n) is 13.4. The van der Waals surface area contributed by atoms with E-state index in [9.17, 15) is 4.79 Å². The molecule has 2 N–H and O–H groups in total. The van der Waals surface area contributed by atoms with Crippen molar-refractivity contribution >= 4 is 5.65 Å². The van der Waals surface area contributed by atoms with E-state index in [1.54, 1.807) is 10.5 Å². The molecule has 4 nitrogen and oxygen atoms in total.